The van der Waals surface area contributed by atoms with Crippen LogP contribution in [-0.2, 0) is 0 Å². The molecule has 0 spiro atoms. The van der Waals surface area contributed by atoms with Crippen LogP contribution in [0.3, 0.4) is 0 Å². The Balaban J connectivity index is 2.81. The second-order valence-corrected chi connectivity index (χ2v) is 3.84. The number of hydrogen-bond acceptors (Lipinski definition) is 3. The van der Waals surface area contributed by atoms with Gasteiger partial charge in [-0.1, -0.05) is 13.3 Å². The van der Waals surface area contributed by atoms with E-state index in [1.54, 1.807) is 6.20 Å². The highest BCUT2D eigenvalue weighted by atomic mass is 15.2. The summed E-state index contributed by atoms with van der Waals surface area (Å²) in [5.74, 6) is 1.07. The van der Waals surface area contributed by atoms with Gasteiger partial charge >= 0.3 is 0 Å². The number of nitrogen functional groups attached to an aromatic ring is 1. The van der Waals surface area contributed by atoms with Gasteiger partial charge in [0.05, 0.1) is 11.9 Å². The molecule has 1 heterocycles. The molecule has 0 bridgehead atoms. The first-order valence-electron chi connectivity index (χ1n) is 5.66. The van der Waals surface area contributed by atoms with E-state index in [4.69, 9.17) is 5.73 Å². The predicted octanol–water partition coefficient (Wildman–Crippen LogP) is 2.60. The van der Waals surface area contributed by atoms with Crippen molar-refractivity contribution in [2.75, 3.05) is 23.7 Å². The molecule has 84 valence electrons. The summed E-state index contributed by atoms with van der Waals surface area (Å²) in [6.45, 7) is 8.50. The highest BCUT2D eigenvalue weighted by molar-refractivity contribution is 5.52. The molecule has 0 fully saturated rings. The van der Waals surface area contributed by atoms with Crippen molar-refractivity contribution in [2.24, 2.45) is 0 Å². The van der Waals surface area contributed by atoms with Crippen molar-refractivity contribution >= 4 is 11.5 Å². The highest BCUT2D eigenvalue weighted by Crippen LogP contribution is 2.18. The maximum absolute atomic E-state index is 5.69. The summed E-state index contributed by atoms with van der Waals surface area (Å²) in [4.78, 5) is 6.71. The van der Waals surface area contributed by atoms with Gasteiger partial charge in [-0.25, -0.2) is 4.98 Å². The quantitative estimate of drug-likeness (QED) is 0.807. The molecule has 0 saturated heterocycles. The predicted molar refractivity (Wildman–Crippen MR) is 66.2 cm³/mol. The zero-order valence-corrected chi connectivity index (χ0v) is 9.95. The van der Waals surface area contributed by atoms with E-state index < -0.39 is 0 Å². The molecule has 1 rings (SSSR count). The van der Waals surface area contributed by atoms with Gasteiger partial charge in [-0.3, -0.25) is 0 Å². The van der Waals surface area contributed by atoms with Gasteiger partial charge in [0.15, 0.2) is 0 Å². The molecule has 2 N–H and O–H groups in total. The lowest BCUT2D eigenvalue weighted by Gasteiger charge is -2.23. The van der Waals surface area contributed by atoms with Crippen molar-refractivity contribution in [1.82, 2.24) is 4.98 Å². The normalized spacial score (nSPS) is 10.3. The minimum atomic E-state index is 0.739. The van der Waals surface area contributed by atoms with E-state index in [0.717, 1.165) is 30.2 Å². The van der Waals surface area contributed by atoms with Crippen LogP contribution in [0.2, 0.25) is 0 Å². The summed E-state index contributed by atoms with van der Waals surface area (Å²) in [6, 6.07) is 1.98. The second-order valence-electron chi connectivity index (χ2n) is 3.84. The van der Waals surface area contributed by atoms with Gasteiger partial charge in [-0.15, -0.1) is 0 Å². The zero-order valence-electron chi connectivity index (χ0n) is 9.95. The van der Waals surface area contributed by atoms with Crippen LogP contribution in [0.25, 0.3) is 0 Å². The van der Waals surface area contributed by atoms with Crippen LogP contribution < -0.4 is 10.6 Å². The monoisotopic (exact) mass is 207 g/mol. The average molecular weight is 207 g/mol. The molecule has 0 aliphatic rings. The van der Waals surface area contributed by atoms with Gasteiger partial charge in [0.1, 0.15) is 5.82 Å². The lowest BCUT2D eigenvalue weighted by molar-refractivity contribution is 0.722. The number of unbranched alkanes of at least 4 members (excludes halogenated alkanes) is 1. The fourth-order valence-electron chi connectivity index (χ4n) is 1.68. The molecule has 0 aliphatic heterocycles. The zero-order chi connectivity index (χ0) is 11.3. The van der Waals surface area contributed by atoms with Crippen molar-refractivity contribution in [3.63, 3.8) is 0 Å². The Morgan fingerprint density at radius 3 is 2.67 bits per heavy atom. The number of pyridine rings is 1. The number of anilines is 2. The molecule has 0 amide bonds. The van der Waals surface area contributed by atoms with Crippen molar-refractivity contribution < 1.29 is 0 Å². The Hall–Kier alpha value is -1.25. The standard InChI is InChI=1S/C12H21N3/c1-4-6-7-15(5-2)12-10(3)8-11(13)9-14-12/h8-9H,4-7,13H2,1-3H3. The number of aromatic nitrogens is 1. The second kappa shape index (κ2) is 5.59. The van der Waals surface area contributed by atoms with Crippen molar-refractivity contribution in [3.8, 4) is 0 Å². The van der Waals surface area contributed by atoms with Crippen molar-refractivity contribution in [1.29, 1.82) is 0 Å². The lowest BCUT2D eigenvalue weighted by atomic mass is 10.2. The van der Waals surface area contributed by atoms with Crippen molar-refractivity contribution in [2.45, 2.75) is 33.6 Å². The number of hydrogen-bond donors (Lipinski definition) is 1. The summed E-state index contributed by atoms with van der Waals surface area (Å²) in [5, 5.41) is 0. The SMILES string of the molecule is CCCCN(CC)c1ncc(N)cc1C. The maximum atomic E-state index is 5.69. The van der Waals surface area contributed by atoms with E-state index in [0.29, 0.717) is 0 Å². The van der Waals surface area contributed by atoms with E-state index in [-0.39, 0.29) is 0 Å². The molecule has 0 unspecified atom stereocenters. The van der Waals surface area contributed by atoms with E-state index in [1.165, 1.54) is 12.8 Å². The molecule has 3 heteroatoms. The van der Waals surface area contributed by atoms with Gasteiger partial charge in [0.25, 0.3) is 0 Å². The van der Waals surface area contributed by atoms with Crippen molar-refractivity contribution in [3.05, 3.63) is 17.8 Å². The van der Waals surface area contributed by atoms with Gasteiger partial charge in [0, 0.05) is 13.1 Å². The third-order valence-corrected chi connectivity index (χ3v) is 2.53. The summed E-state index contributed by atoms with van der Waals surface area (Å²) in [7, 11) is 0. The third kappa shape index (κ3) is 3.11. The Morgan fingerprint density at radius 1 is 1.40 bits per heavy atom. The van der Waals surface area contributed by atoms with Gasteiger partial charge in [-0.05, 0) is 31.9 Å². The maximum Gasteiger partial charge on any atom is 0.131 e. The Labute approximate surface area is 92.3 Å². The molecular formula is C12H21N3. The minimum absolute atomic E-state index is 0.739. The summed E-state index contributed by atoms with van der Waals surface area (Å²) in [5.41, 5.74) is 7.59. The number of aryl methyl sites for hydroxylation is 1. The van der Waals surface area contributed by atoms with Crippen LogP contribution in [-0.4, -0.2) is 18.1 Å². The Bertz CT molecular complexity index is 310. The number of rotatable bonds is 5. The summed E-state index contributed by atoms with van der Waals surface area (Å²) >= 11 is 0. The molecule has 1 aromatic rings. The molecule has 0 aromatic carbocycles. The molecule has 0 atom stereocenters. The fourth-order valence-corrected chi connectivity index (χ4v) is 1.68. The van der Waals surface area contributed by atoms with Gasteiger partial charge < -0.3 is 10.6 Å². The lowest BCUT2D eigenvalue weighted by Crippen LogP contribution is -2.25. The van der Waals surface area contributed by atoms with Crippen LogP contribution >= 0.6 is 0 Å². The number of nitrogens with two attached hydrogens (primary N) is 1. The van der Waals surface area contributed by atoms with E-state index in [1.807, 2.05) is 6.07 Å². The Morgan fingerprint density at radius 2 is 2.13 bits per heavy atom. The molecule has 0 aliphatic carbocycles. The van der Waals surface area contributed by atoms with E-state index in [2.05, 4.69) is 30.7 Å². The molecule has 1 aromatic heterocycles. The van der Waals surface area contributed by atoms with Crippen LogP contribution in [0.15, 0.2) is 12.3 Å². The average Bonchev–Trinajstić information content (AvgIpc) is 2.21. The Kier molecular flexibility index (Phi) is 4.40. The van der Waals surface area contributed by atoms with E-state index in [9.17, 15) is 0 Å². The van der Waals surface area contributed by atoms with E-state index >= 15 is 0 Å². The summed E-state index contributed by atoms with van der Waals surface area (Å²) in [6.07, 6.45) is 4.15. The third-order valence-electron chi connectivity index (χ3n) is 2.53. The smallest absolute Gasteiger partial charge is 0.131 e. The first kappa shape index (κ1) is 11.8. The largest absolute Gasteiger partial charge is 0.397 e. The van der Waals surface area contributed by atoms with Crippen LogP contribution in [0, 0.1) is 6.92 Å². The number of nitrogens with zero attached hydrogens (tertiary/aromatic N) is 2. The van der Waals surface area contributed by atoms with Gasteiger partial charge in [0.2, 0.25) is 0 Å². The fraction of sp³-hybridized carbons (Fsp3) is 0.583. The highest BCUT2D eigenvalue weighted by Gasteiger charge is 2.08. The first-order chi connectivity index (χ1) is 7.19. The molecule has 0 saturated carbocycles. The molecule has 15 heavy (non-hydrogen) atoms. The molecule has 3 nitrogen and oxygen atoms in total. The topological polar surface area (TPSA) is 42.2 Å². The van der Waals surface area contributed by atoms with Crippen LogP contribution in [0.5, 0.6) is 0 Å². The summed E-state index contributed by atoms with van der Waals surface area (Å²) < 4.78 is 0. The first-order valence-corrected chi connectivity index (χ1v) is 5.66. The van der Waals surface area contributed by atoms with Crippen LogP contribution in [0.4, 0.5) is 11.5 Å². The minimum Gasteiger partial charge on any atom is -0.397 e. The molecule has 0 radical (unpaired) electrons. The van der Waals surface area contributed by atoms with Gasteiger partial charge in [-0.2, -0.15) is 0 Å². The molecular weight excluding hydrogens is 186 g/mol. The van der Waals surface area contributed by atoms with Crippen LogP contribution in [0.1, 0.15) is 32.3 Å².